The van der Waals surface area contributed by atoms with Crippen molar-refractivity contribution >= 4 is 16.0 Å². The summed E-state index contributed by atoms with van der Waals surface area (Å²) in [6, 6.07) is 4.26. The summed E-state index contributed by atoms with van der Waals surface area (Å²) in [5.74, 6) is 0.582. The summed E-state index contributed by atoms with van der Waals surface area (Å²) in [5, 5.41) is 3.60. The van der Waals surface area contributed by atoms with Crippen molar-refractivity contribution in [2.45, 2.75) is 31.3 Å². The van der Waals surface area contributed by atoms with Crippen LogP contribution in [-0.4, -0.2) is 44.3 Å². The first-order valence-electron chi connectivity index (χ1n) is 8.24. The number of hydrogen-bond acceptors (Lipinski definition) is 9. The van der Waals surface area contributed by atoms with Crippen LogP contribution in [0.4, 0.5) is 0 Å². The second-order valence-corrected chi connectivity index (χ2v) is 7.56. The standard InChI is InChI=1S/C16H19N3O7S/c1-10(16-18-11(2)19-26-16)25-15(20)9-17-27(21,22)12-4-5-13-14(8-12)24-7-3-6-23-13/h4-5,8,10,17H,3,6-7,9H2,1-2H3. The third kappa shape index (κ3) is 4.74. The summed E-state index contributed by atoms with van der Waals surface area (Å²) >= 11 is 0. The predicted octanol–water partition coefficient (Wildman–Crippen LogP) is 1.12. The van der Waals surface area contributed by atoms with Crippen LogP contribution in [0.2, 0.25) is 0 Å². The van der Waals surface area contributed by atoms with Crippen LogP contribution in [0.15, 0.2) is 27.6 Å². The Morgan fingerprint density at radius 2 is 2.04 bits per heavy atom. The molecule has 0 saturated heterocycles. The minimum absolute atomic E-state index is 0.0416. The van der Waals surface area contributed by atoms with E-state index in [0.717, 1.165) is 0 Å². The average molecular weight is 397 g/mol. The van der Waals surface area contributed by atoms with Gasteiger partial charge in [0.05, 0.1) is 18.1 Å². The third-order valence-corrected chi connectivity index (χ3v) is 5.03. The second kappa shape index (κ2) is 7.92. The highest BCUT2D eigenvalue weighted by molar-refractivity contribution is 7.89. The van der Waals surface area contributed by atoms with E-state index in [9.17, 15) is 13.2 Å². The maximum atomic E-state index is 12.4. The third-order valence-electron chi connectivity index (χ3n) is 3.64. The fourth-order valence-corrected chi connectivity index (χ4v) is 3.30. The topological polar surface area (TPSA) is 130 Å². The van der Waals surface area contributed by atoms with Gasteiger partial charge in [-0.25, -0.2) is 8.42 Å². The number of aryl methyl sites for hydroxylation is 1. The highest BCUT2D eigenvalue weighted by Gasteiger charge is 2.22. The van der Waals surface area contributed by atoms with Crippen LogP contribution in [0.1, 0.15) is 31.2 Å². The molecule has 0 radical (unpaired) electrons. The van der Waals surface area contributed by atoms with Crippen LogP contribution in [0.25, 0.3) is 0 Å². The number of ether oxygens (including phenoxy) is 3. The van der Waals surface area contributed by atoms with Gasteiger partial charge in [-0.15, -0.1) is 0 Å². The van der Waals surface area contributed by atoms with E-state index in [0.29, 0.717) is 37.0 Å². The molecule has 27 heavy (non-hydrogen) atoms. The van der Waals surface area contributed by atoms with Crippen LogP contribution < -0.4 is 14.2 Å². The van der Waals surface area contributed by atoms with Gasteiger partial charge in [-0.1, -0.05) is 5.16 Å². The number of nitrogens with zero attached hydrogens (tertiary/aromatic N) is 2. The molecule has 10 nitrogen and oxygen atoms in total. The molecular formula is C16H19N3O7S. The first-order chi connectivity index (χ1) is 12.8. The van der Waals surface area contributed by atoms with Gasteiger partial charge in [0, 0.05) is 12.5 Å². The molecule has 1 aliphatic rings. The van der Waals surface area contributed by atoms with E-state index in [2.05, 4.69) is 14.9 Å². The van der Waals surface area contributed by atoms with Gasteiger partial charge in [0.1, 0.15) is 6.54 Å². The Hall–Kier alpha value is -2.66. The van der Waals surface area contributed by atoms with Gasteiger partial charge in [-0.2, -0.15) is 9.71 Å². The highest BCUT2D eigenvalue weighted by atomic mass is 32.2. The van der Waals surface area contributed by atoms with Gasteiger partial charge in [-0.05, 0) is 26.0 Å². The van der Waals surface area contributed by atoms with Gasteiger partial charge < -0.3 is 18.7 Å². The predicted molar refractivity (Wildman–Crippen MR) is 90.8 cm³/mol. The first-order valence-corrected chi connectivity index (χ1v) is 9.72. The molecule has 1 aromatic heterocycles. The van der Waals surface area contributed by atoms with Crippen molar-refractivity contribution in [3.8, 4) is 11.5 Å². The molecule has 0 fully saturated rings. The minimum atomic E-state index is -3.93. The summed E-state index contributed by atoms with van der Waals surface area (Å²) in [7, 11) is -3.93. The van der Waals surface area contributed by atoms with E-state index in [4.69, 9.17) is 18.7 Å². The van der Waals surface area contributed by atoms with E-state index in [1.807, 2.05) is 0 Å². The molecule has 0 saturated carbocycles. The molecule has 1 unspecified atom stereocenters. The van der Waals surface area contributed by atoms with Crippen molar-refractivity contribution in [2.24, 2.45) is 0 Å². The molecule has 1 N–H and O–H groups in total. The molecule has 3 rings (SSSR count). The van der Waals surface area contributed by atoms with Crippen molar-refractivity contribution in [1.82, 2.24) is 14.9 Å². The summed E-state index contributed by atoms with van der Waals surface area (Å²) < 4.78 is 47.9. The van der Waals surface area contributed by atoms with Gasteiger partial charge in [0.2, 0.25) is 10.0 Å². The number of nitrogens with one attached hydrogen (secondary N) is 1. The Balaban J connectivity index is 1.61. The zero-order valence-electron chi connectivity index (χ0n) is 14.8. The molecule has 0 amide bonds. The lowest BCUT2D eigenvalue weighted by Gasteiger charge is -2.12. The number of esters is 1. The smallest absolute Gasteiger partial charge is 0.321 e. The number of aromatic nitrogens is 2. The maximum absolute atomic E-state index is 12.4. The molecule has 0 aliphatic carbocycles. The van der Waals surface area contributed by atoms with Crippen LogP contribution in [0, 0.1) is 6.92 Å². The lowest BCUT2D eigenvalue weighted by atomic mass is 10.3. The Morgan fingerprint density at radius 3 is 2.74 bits per heavy atom. The lowest BCUT2D eigenvalue weighted by molar-refractivity contribution is -0.148. The Kier molecular flexibility index (Phi) is 5.61. The molecule has 146 valence electrons. The summed E-state index contributed by atoms with van der Waals surface area (Å²) in [6.45, 7) is 3.56. The monoisotopic (exact) mass is 397 g/mol. The number of benzene rings is 1. The van der Waals surface area contributed by atoms with Crippen molar-refractivity contribution in [3.63, 3.8) is 0 Å². The maximum Gasteiger partial charge on any atom is 0.321 e. The molecule has 1 aliphatic heterocycles. The number of rotatable bonds is 6. The van der Waals surface area contributed by atoms with Crippen molar-refractivity contribution in [2.75, 3.05) is 19.8 Å². The normalized spacial score (nSPS) is 15.0. The van der Waals surface area contributed by atoms with E-state index in [-0.39, 0.29) is 10.8 Å². The van der Waals surface area contributed by atoms with Crippen molar-refractivity contribution in [3.05, 3.63) is 29.9 Å². The van der Waals surface area contributed by atoms with Gasteiger partial charge in [-0.3, -0.25) is 4.79 Å². The molecule has 0 bridgehead atoms. The van der Waals surface area contributed by atoms with E-state index in [1.165, 1.54) is 18.2 Å². The fourth-order valence-electron chi connectivity index (χ4n) is 2.32. The zero-order valence-corrected chi connectivity index (χ0v) is 15.6. The average Bonchev–Trinajstić information content (AvgIpc) is 2.93. The SMILES string of the molecule is Cc1noc(C(C)OC(=O)CNS(=O)(=O)c2ccc3c(c2)OCCCO3)n1. The van der Waals surface area contributed by atoms with Gasteiger partial charge in [0.25, 0.3) is 5.89 Å². The van der Waals surface area contributed by atoms with E-state index >= 15 is 0 Å². The van der Waals surface area contributed by atoms with Crippen LogP contribution >= 0.6 is 0 Å². The van der Waals surface area contributed by atoms with Gasteiger partial charge in [0.15, 0.2) is 23.4 Å². The highest BCUT2D eigenvalue weighted by Crippen LogP contribution is 2.31. The second-order valence-electron chi connectivity index (χ2n) is 5.80. The molecule has 0 spiro atoms. The van der Waals surface area contributed by atoms with E-state index < -0.39 is 28.6 Å². The molecule has 1 aromatic carbocycles. The first kappa shape index (κ1) is 19.1. The lowest BCUT2D eigenvalue weighted by Crippen LogP contribution is -2.31. The van der Waals surface area contributed by atoms with Crippen molar-refractivity contribution < 1.29 is 31.9 Å². The minimum Gasteiger partial charge on any atom is -0.490 e. The molecular weight excluding hydrogens is 378 g/mol. The summed E-state index contributed by atoms with van der Waals surface area (Å²) in [5.41, 5.74) is 0. The zero-order chi connectivity index (χ0) is 19.4. The Bertz CT molecular complexity index is 926. The summed E-state index contributed by atoms with van der Waals surface area (Å²) in [4.78, 5) is 15.8. The van der Waals surface area contributed by atoms with Gasteiger partial charge >= 0.3 is 5.97 Å². The van der Waals surface area contributed by atoms with Crippen molar-refractivity contribution in [1.29, 1.82) is 0 Å². The summed E-state index contributed by atoms with van der Waals surface area (Å²) in [6.07, 6.45) is -0.0836. The molecule has 2 heterocycles. The molecule has 11 heteroatoms. The number of sulfonamides is 1. The largest absolute Gasteiger partial charge is 0.490 e. The Morgan fingerprint density at radius 1 is 1.30 bits per heavy atom. The quantitative estimate of drug-likeness (QED) is 0.713. The van der Waals surface area contributed by atoms with Crippen LogP contribution in [0.5, 0.6) is 11.5 Å². The van der Waals surface area contributed by atoms with Crippen LogP contribution in [-0.2, 0) is 19.6 Å². The number of hydrogen-bond donors (Lipinski definition) is 1. The van der Waals surface area contributed by atoms with Crippen LogP contribution in [0.3, 0.4) is 0 Å². The number of carbonyl (C=O) groups is 1. The number of fused-ring (bicyclic) bond motifs is 1. The molecule has 1 atom stereocenters. The Labute approximate surface area is 155 Å². The molecule has 2 aromatic rings. The fraction of sp³-hybridized carbons (Fsp3) is 0.438. The van der Waals surface area contributed by atoms with E-state index in [1.54, 1.807) is 13.8 Å². The number of carbonyl (C=O) groups excluding carboxylic acids is 1.